The molecule has 0 amide bonds. The summed E-state index contributed by atoms with van der Waals surface area (Å²) in [4.78, 5) is 7.05. The first kappa shape index (κ1) is 14.0. The smallest absolute Gasteiger partial charge is 0.229 e. The Hall–Kier alpha value is -0.940. The highest BCUT2D eigenvalue weighted by Crippen LogP contribution is 2.28. The average Bonchev–Trinajstić information content (AvgIpc) is 2.98. The minimum absolute atomic E-state index is 0.0260. The standard InChI is InChI=1S/C15H25N3O2/c1-11(2)15-16-14(17-20-15)13-10-18(8-9-19-13)12-6-4-3-5-7-12/h11-13H,3-10H2,1-2H3/t13-/m1/s1. The number of nitrogens with zero attached hydrogens (tertiary/aromatic N) is 3. The molecule has 1 aliphatic carbocycles. The van der Waals surface area contributed by atoms with Gasteiger partial charge in [-0.2, -0.15) is 4.98 Å². The number of morpholine rings is 1. The second-order valence-electron chi connectivity index (χ2n) is 6.29. The highest BCUT2D eigenvalue weighted by molar-refractivity contribution is 4.97. The minimum Gasteiger partial charge on any atom is -0.367 e. The van der Waals surface area contributed by atoms with E-state index in [-0.39, 0.29) is 12.0 Å². The van der Waals surface area contributed by atoms with Crippen molar-refractivity contribution in [3.8, 4) is 0 Å². The summed E-state index contributed by atoms with van der Waals surface area (Å²) >= 11 is 0. The highest BCUT2D eigenvalue weighted by atomic mass is 16.5. The Morgan fingerprint density at radius 3 is 2.70 bits per heavy atom. The SMILES string of the molecule is CC(C)c1nc([C@H]2CN(C3CCCCC3)CCO2)no1. The molecule has 20 heavy (non-hydrogen) atoms. The van der Waals surface area contributed by atoms with Crippen molar-refractivity contribution in [2.45, 2.75) is 64.0 Å². The van der Waals surface area contributed by atoms with Crippen LogP contribution in [0.25, 0.3) is 0 Å². The molecular weight excluding hydrogens is 254 g/mol. The summed E-state index contributed by atoms with van der Waals surface area (Å²) in [7, 11) is 0. The molecule has 0 spiro atoms. The fraction of sp³-hybridized carbons (Fsp3) is 0.867. The van der Waals surface area contributed by atoms with E-state index in [1.54, 1.807) is 0 Å². The van der Waals surface area contributed by atoms with E-state index in [9.17, 15) is 0 Å². The predicted molar refractivity (Wildman–Crippen MR) is 75.5 cm³/mol. The Morgan fingerprint density at radius 1 is 1.20 bits per heavy atom. The molecule has 3 rings (SSSR count). The summed E-state index contributed by atoms with van der Waals surface area (Å²) in [5.41, 5.74) is 0. The van der Waals surface area contributed by atoms with E-state index in [0.717, 1.165) is 25.7 Å². The van der Waals surface area contributed by atoms with Crippen molar-refractivity contribution >= 4 is 0 Å². The largest absolute Gasteiger partial charge is 0.367 e. The predicted octanol–water partition coefficient (Wildman–Crippen LogP) is 2.90. The third kappa shape index (κ3) is 3.04. The van der Waals surface area contributed by atoms with Crippen LogP contribution in [0.4, 0.5) is 0 Å². The third-order valence-corrected chi connectivity index (χ3v) is 4.43. The second kappa shape index (κ2) is 6.22. The van der Waals surface area contributed by atoms with Crippen LogP contribution in [0.15, 0.2) is 4.52 Å². The van der Waals surface area contributed by atoms with E-state index in [1.807, 2.05) is 0 Å². The van der Waals surface area contributed by atoms with Crippen LogP contribution in [0.5, 0.6) is 0 Å². The fourth-order valence-corrected chi connectivity index (χ4v) is 3.22. The first-order chi connectivity index (χ1) is 9.74. The number of rotatable bonds is 3. The zero-order valence-electron chi connectivity index (χ0n) is 12.5. The van der Waals surface area contributed by atoms with Gasteiger partial charge in [0.05, 0.1) is 6.61 Å². The third-order valence-electron chi connectivity index (χ3n) is 4.43. The molecule has 5 heteroatoms. The highest BCUT2D eigenvalue weighted by Gasteiger charge is 2.30. The fourth-order valence-electron chi connectivity index (χ4n) is 3.22. The summed E-state index contributed by atoms with van der Waals surface area (Å²) in [6.07, 6.45) is 6.76. The maximum absolute atomic E-state index is 5.85. The van der Waals surface area contributed by atoms with Gasteiger partial charge in [0, 0.05) is 25.0 Å². The molecule has 1 saturated heterocycles. The lowest BCUT2D eigenvalue weighted by Crippen LogP contribution is -2.45. The Kier molecular flexibility index (Phi) is 4.36. The quantitative estimate of drug-likeness (QED) is 0.851. The van der Waals surface area contributed by atoms with E-state index in [0.29, 0.717) is 11.7 Å². The molecule has 0 bridgehead atoms. The lowest BCUT2D eigenvalue weighted by molar-refractivity contribution is -0.0543. The van der Waals surface area contributed by atoms with Gasteiger partial charge in [0.25, 0.3) is 0 Å². The van der Waals surface area contributed by atoms with Crippen LogP contribution < -0.4 is 0 Å². The number of aromatic nitrogens is 2. The maximum atomic E-state index is 5.85. The van der Waals surface area contributed by atoms with Crippen molar-refractivity contribution in [3.63, 3.8) is 0 Å². The van der Waals surface area contributed by atoms with Gasteiger partial charge in [-0.3, -0.25) is 4.90 Å². The lowest BCUT2D eigenvalue weighted by atomic mass is 9.93. The number of ether oxygens (including phenoxy) is 1. The van der Waals surface area contributed by atoms with E-state index < -0.39 is 0 Å². The Bertz CT molecular complexity index is 427. The van der Waals surface area contributed by atoms with E-state index in [4.69, 9.17) is 9.26 Å². The van der Waals surface area contributed by atoms with Crippen LogP contribution >= 0.6 is 0 Å². The van der Waals surface area contributed by atoms with Crippen LogP contribution in [0, 0.1) is 0 Å². The van der Waals surface area contributed by atoms with Gasteiger partial charge >= 0.3 is 0 Å². The first-order valence-electron chi connectivity index (χ1n) is 7.93. The topological polar surface area (TPSA) is 51.4 Å². The Labute approximate surface area is 120 Å². The summed E-state index contributed by atoms with van der Waals surface area (Å²) < 4.78 is 11.2. The molecule has 2 heterocycles. The summed E-state index contributed by atoms with van der Waals surface area (Å²) in [6, 6.07) is 0.728. The van der Waals surface area contributed by atoms with Gasteiger partial charge in [0.2, 0.25) is 11.7 Å². The Balaban J connectivity index is 1.64. The van der Waals surface area contributed by atoms with Crippen LogP contribution in [0.3, 0.4) is 0 Å². The Morgan fingerprint density at radius 2 is 2.00 bits per heavy atom. The van der Waals surface area contributed by atoms with Crippen molar-refractivity contribution in [2.24, 2.45) is 0 Å². The molecule has 0 radical (unpaired) electrons. The van der Waals surface area contributed by atoms with Crippen molar-refractivity contribution in [1.29, 1.82) is 0 Å². The monoisotopic (exact) mass is 279 g/mol. The molecule has 1 aromatic heterocycles. The normalized spacial score (nSPS) is 26.2. The molecule has 1 saturated carbocycles. The molecule has 0 aromatic carbocycles. The van der Waals surface area contributed by atoms with Crippen molar-refractivity contribution in [3.05, 3.63) is 11.7 Å². The summed E-state index contributed by atoms with van der Waals surface area (Å²) in [6.45, 7) is 6.84. The lowest BCUT2D eigenvalue weighted by Gasteiger charge is -2.39. The molecule has 1 atom stereocenters. The van der Waals surface area contributed by atoms with E-state index in [1.165, 1.54) is 32.1 Å². The van der Waals surface area contributed by atoms with Gasteiger partial charge in [-0.15, -0.1) is 0 Å². The van der Waals surface area contributed by atoms with Gasteiger partial charge in [-0.05, 0) is 12.8 Å². The van der Waals surface area contributed by atoms with E-state index >= 15 is 0 Å². The van der Waals surface area contributed by atoms with Gasteiger partial charge in [-0.25, -0.2) is 0 Å². The molecule has 112 valence electrons. The van der Waals surface area contributed by atoms with E-state index in [2.05, 4.69) is 28.9 Å². The van der Waals surface area contributed by atoms with Crippen molar-refractivity contribution < 1.29 is 9.26 Å². The van der Waals surface area contributed by atoms with Gasteiger partial charge < -0.3 is 9.26 Å². The molecule has 1 aliphatic heterocycles. The molecule has 0 N–H and O–H groups in total. The van der Waals surface area contributed by atoms with Crippen molar-refractivity contribution in [1.82, 2.24) is 15.0 Å². The van der Waals surface area contributed by atoms with Crippen LogP contribution in [-0.4, -0.2) is 40.8 Å². The summed E-state index contributed by atoms with van der Waals surface area (Å²) in [5.74, 6) is 1.70. The zero-order chi connectivity index (χ0) is 13.9. The zero-order valence-corrected chi connectivity index (χ0v) is 12.5. The van der Waals surface area contributed by atoms with Crippen molar-refractivity contribution in [2.75, 3.05) is 19.7 Å². The molecule has 1 aromatic rings. The van der Waals surface area contributed by atoms with Crippen LogP contribution in [0.1, 0.15) is 69.7 Å². The molecule has 2 fully saturated rings. The average molecular weight is 279 g/mol. The summed E-state index contributed by atoms with van der Waals surface area (Å²) in [5, 5.41) is 4.10. The van der Waals surface area contributed by atoms with Crippen LogP contribution in [-0.2, 0) is 4.74 Å². The second-order valence-corrected chi connectivity index (χ2v) is 6.29. The molecule has 5 nitrogen and oxygen atoms in total. The van der Waals surface area contributed by atoms with Crippen LogP contribution in [0.2, 0.25) is 0 Å². The van der Waals surface area contributed by atoms with Gasteiger partial charge in [-0.1, -0.05) is 38.3 Å². The van der Waals surface area contributed by atoms with Gasteiger partial charge in [0.15, 0.2) is 0 Å². The van der Waals surface area contributed by atoms with Gasteiger partial charge in [0.1, 0.15) is 6.10 Å². The molecule has 2 aliphatic rings. The number of hydrogen-bond donors (Lipinski definition) is 0. The molecular formula is C15H25N3O2. The molecule has 0 unspecified atom stereocenters. The first-order valence-corrected chi connectivity index (χ1v) is 7.93. The minimum atomic E-state index is -0.0260. The number of hydrogen-bond acceptors (Lipinski definition) is 5. The maximum Gasteiger partial charge on any atom is 0.229 e.